The van der Waals surface area contributed by atoms with E-state index in [-0.39, 0.29) is 5.56 Å². The lowest BCUT2D eigenvalue weighted by Crippen LogP contribution is -2.33. The summed E-state index contributed by atoms with van der Waals surface area (Å²) in [6.45, 7) is 0. The van der Waals surface area contributed by atoms with Gasteiger partial charge in [0.15, 0.2) is 0 Å². The molecule has 0 saturated carbocycles. The minimum atomic E-state index is -4.92. The van der Waals surface area contributed by atoms with Crippen LogP contribution in [0.1, 0.15) is 11.6 Å². The van der Waals surface area contributed by atoms with Crippen molar-refractivity contribution in [3.8, 4) is 11.5 Å². The molecule has 0 saturated heterocycles. The van der Waals surface area contributed by atoms with Crippen molar-refractivity contribution >= 4 is 31.9 Å². The Kier molecular flexibility index (Phi) is 6.57. The summed E-state index contributed by atoms with van der Waals surface area (Å²) >= 11 is 3.18. The van der Waals surface area contributed by atoms with E-state index >= 15 is 0 Å². The third-order valence-corrected chi connectivity index (χ3v) is 5.46. The van der Waals surface area contributed by atoms with Crippen molar-refractivity contribution in [2.75, 3.05) is 7.11 Å². The van der Waals surface area contributed by atoms with Gasteiger partial charge in [-0.25, -0.2) is 8.42 Å². The fourth-order valence-corrected chi connectivity index (χ4v) is 3.90. The van der Waals surface area contributed by atoms with Crippen molar-refractivity contribution in [3.05, 3.63) is 52.5 Å². The molecule has 0 unspecified atom stereocenters. The minimum Gasteiger partial charge on any atom is -0.496 e. The maximum absolute atomic E-state index is 12.5. The Morgan fingerprint density at radius 1 is 1.18 bits per heavy atom. The number of hydrogen-bond acceptors (Lipinski definition) is 5. The summed E-state index contributed by atoms with van der Waals surface area (Å²) < 4.78 is 72.6. The summed E-state index contributed by atoms with van der Waals surface area (Å²) in [5, 5.41) is 9.41. The Labute approximate surface area is 166 Å². The molecular weight excluding hydrogens is 471 g/mol. The van der Waals surface area contributed by atoms with Crippen molar-refractivity contribution < 1.29 is 41.0 Å². The van der Waals surface area contributed by atoms with Crippen LogP contribution in [0.3, 0.4) is 0 Å². The van der Waals surface area contributed by atoms with E-state index in [2.05, 4.69) is 20.7 Å². The van der Waals surface area contributed by atoms with E-state index in [4.69, 9.17) is 4.74 Å². The predicted octanol–water partition coefficient (Wildman–Crippen LogP) is 3.46. The van der Waals surface area contributed by atoms with Crippen LogP contribution >= 0.6 is 15.9 Å². The number of aliphatic carboxylic acids is 1. The third kappa shape index (κ3) is 5.59. The molecule has 2 N–H and O–H groups in total. The molecule has 2 aromatic rings. The Hall–Kier alpha value is -2.31. The van der Waals surface area contributed by atoms with Crippen molar-refractivity contribution in [1.29, 1.82) is 0 Å². The fourth-order valence-electron chi connectivity index (χ4n) is 2.17. The van der Waals surface area contributed by atoms with Gasteiger partial charge in [0.05, 0.1) is 16.5 Å². The SMILES string of the molecule is COc1ccc([C@@H](NS(=O)(=O)c2ccc(OC(F)(F)F)cc2)C(=O)O)cc1Br. The van der Waals surface area contributed by atoms with Crippen molar-refractivity contribution in [2.45, 2.75) is 17.3 Å². The summed E-state index contributed by atoms with van der Waals surface area (Å²) in [4.78, 5) is 11.1. The van der Waals surface area contributed by atoms with E-state index in [0.29, 0.717) is 10.2 Å². The standard InChI is InChI=1S/C16H13BrF3NO6S/c1-26-13-7-2-9(8-12(13)17)14(15(22)23)21-28(24,25)11-5-3-10(4-6-11)27-16(18,19)20/h2-8,14,21H,1H3,(H,22,23)/t14-/m1/s1. The van der Waals surface area contributed by atoms with Gasteiger partial charge in [-0.3, -0.25) is 4.79 Å². The van der Waals surface area contributed by atoms with Gasteiger partial charge < -0.3 is 14.6 Å². The molecule has 0 radical (unpaired) electrons. The van der Waals surface area contributed by atoms with Crippen LogP contribution in [0.4, 0.5) is 13.2 Å². The normalized spacial score (nSPS) is 13.0. The lowest BCUT2D eigenvalue weighted by molar-refractivity contribution is -0.274. The molecular formula is C16H13BrF3NO6S. The van der Waals surface area contributed by atoms with E-state index in [0.717, 1.165) is 24.3 Å². The second-order valence-corrected chi connectivity index (χ2v) is 7.87. The molecule has 0 aliphatic heterocycles. The van der Waals surface area contributed by atoms with Gasteiger partial charge >= 0.3 is 12.3 Å². The number of rotatable bonds is 7. The molecule has 7 nitrogen and oxygen atoms in total. The Morgan fingerprint density at radius 3 is 2.25 bits per heavy atom. The highest BCUT2D eigenvalue weighted by Gasteiger charge is 2.31. The lowest BCUT2D eigenvalue weighted by atomic mass is 10.1. The number of carboxylic acid groups (broad SMARTS) is 1. The molecule has 0 heterocycles. The number of benzene rings is 2. The third-order valence-electron chi connectivity index (χ3n) is 3.40. The van der Waals surface area contributed by atoms with Gasteiger partial charge in [0.2, 0.25) is 10.0 Å². The van der Waals surface area contributed by atoms with E-state index in [1.807, 2.05) is 4.72 Å². The van der Waals surface area contributed by atoms with Crippen molar-refractivity contribution in [2.24, 2.45) is 0 Å². The Balaban J connectivity index is 2.29. The van der Waals surface area contributed by atoms with Crippen LogP contribution < -0.4 is 14.2 Å². The summed E-state index contributed by atoms with van der Waals surface area (Å²) in [6, 6.07) is 5.90. The number of hydrogen-bond donors (Lipinski definition) is 2. The molecule has 1 atom stereocenters. The molecule has 152 valence electrons. The molecule has 0 aliphatic rings. The van der Waals surface area contributed by atoms with E-state index in [1.165, 1.54) is 25.3 Å². The zero-order valence-electron chi connectivity index (χ0n) is 14.0. The van der Waals surface area contributed by atoms with Gasteiger partial charge in [-0.05, 0) is 57.9 Å². The first-order valence-electron chi connectivity index (χ1n) is 7.37. The van der Waals surface area contributed by atoms with Gasteiger partial charge in [-0.2, -0.15) is 4.72 Å². The molecule has 2 rings (SSSR count). The quantitative estimate of drug-likeness (QED) is 0.625. The summed E-state index contributed by atoms with van der Waals surface area (Å²) in [7, 11) is -2.95. The molecule has 0 aromatic heterocycles. The van der Waals surface area contributed by atoms with Gasteiger partial charge in [0, 0.05) is 0 Å². The van der Waals surface area contributed by atoms with Crippen molar-refractivity contribution in [1.82, 2.24) is 4.72 Å². The topological polar surface area (TPSA) is 102 Å². The lowest BCUT2D eigenvalue weighted by Gasteiger charge is -2.16. The highest BCUT2D eigenvalue weighted by atomic mass is 79.9. The first-order valence-corrected chi connectivity index (χ1v) is 9.65. The Bertz CT molecular complexity index is 963. The van der Waals surface area contributed by atoms with Gasteiger partial charge in [-0.15, -0.1) is 13.2 Å². The van der Waals surface area contributed by atoms with Crippen LogP contribution in [0, 0.1) is 0 Å². The minimum absolute atomic E-state index is 0.112. The number of alkyl halides is 3. The monoisotopic (exact) mass is 483 g/mol. The zero-order chi connectivity index (χ0) is 21.1. The molecule has 0 bridgehead atoms. The van der Waals surface area contributed by atoms with Crippen LogP contribution in [-0.2, 0) is 14.8 Å². The molecule has 0 fully saturated rings. The second kappa shape index (κ2) is 8.37. The number of ether oxygens (including phenoxy) is 2. The second-order valence-electron chi connectivity index (χ2n) is 5.31. The van der Waals surface area contributed by atoms with Gasteiger partial charge in [0.25, 0.3) is 0 Å². The molecule has 2 aromatic carbocycles. The van der Waals surface area contributed by atoms with Crippen LogP contribution in [0.5, 0.6) is 11.5 Å². The van der Waals surface area contributed by atoms with Crippen molar-refractivity contribution in [3.63, 3.8) is 0 Å². The summed E-state index contributed by atoms with van der Waals surface area (Å²) in [5.74, 6) is -1.67. The average Bonchev–Trinajstić information content (AvgIpc) is 2.58. The van der Waals surface area contributed by atoms with E-state index in [1.54, 1.807) is 0 Å². The maximum Gasteiger partial charge on any atom is 0.573 e. The highest BCUT2D eigenvalue weighted by Crippen LogP contribution is 2.29. The number of carboxylic acids is 1. The molecule has 0 aliphatic carbocycles. The largest absolute Gasteiger partial charge is 0.573 e. The highest BCUT2D eigenvalue weighted by molar-refractivity contribution is 9.10. The predicted molar refractivity (Wildman–Crippen MR) is 94.5 cm³/mol. The smallest absolute Gasteiger partial charge is 0.496 e. The number of nitrogens with one attached hydrogen (secondary N) is 1. The van der Waals surface area contributed by atoms with Crippen LogP contribution in [0.2, 0.25) is 0 Å². The number of halogens is 4. The van der Waals surface area contributed by atoms with Gasteiger partial charge in [-0.1, -0.05) is 6.07 Å². The fraction of sp³-hybridized carbons (Fsp3) is 0.188. The number of methoxy groups -OCH3 is 1. The van der Waals surface area contributed by atoms with Crippen LogP contribution in [0.15, 0.2) is 51.8 Å². The summed E-state index contributed by atoms with van der Waals surface area (Å²) in [6.07, 6.45) is -4.92. The summed E-state index contributed by atoms with van der Waals surface area (Å²) in [5.41, 5.74) is 0.112. The first kappa shape index (κ1) is 22.0. The molecule has 12 heteroatoms. The molecule has 28 heavy (non-hydrogen) atoms. The Morgan fingerprint density at radius 2 is 1.79 bits per heavy atom. The zero-order valence-corrected chi connectivity index (χ0v) is 16.4. The van der Waals surface area contributed by atoms with E-state index in [9.17, 15) is 31.5 Å². The average molecular weight is 484 g/mol. The van der Waals surface area contributed by atoms with Gasteiger partial charge in [0.1, 0.15) is 17.5 Å². The first-order chi connectivity index (χ1) is 12.9. The maximum atomic E-state index is 12.5. The molecule has 0 amide bonds. The van der Waals surface area contributed by atoms with Crippen LogP contribution in [0.25, 0.3) is 0 Å². The van der Waals surface area contributed by atoms with Crippen LogP contribution in [-0.4, -0.2) is 33.0 Å². The number of sulfonamides is 1. The molecule has 0 spiro atoms. The number of carbonyl (C=O) groups is 1. The van der Waals surface area contributed by atoms with E-state index < -0.39 is 39.0 Å².